The molecule has 1 aliphatic rings. The number of hydrogen-bond donors (Lipinski definition) is 1. The van der Waals surface area contributed by atoms with Crippen LogP contribution in [0.4, 0.5) is 5.82 Å². The minimum atomic E-state index is 0.614. The lowest BCUT2D eigenvalue weighted by Gasteiger charge is -2.08. The molecule has 4 nitrogen and oxygen atoms in total. The van der Waals surface area contributed by atoms with Gasteiger partial charge in [-0.15, -0.1) is 0 Å². The Balaban J connectivity index is 2.11. The maximum Gasteiger partial charge on any atom is 0.135 e. The third-order valence-electron chi connectivity index (χ3n) is 3.07. The molecular formula is C13H15N3O. The van der Waals surface area contributed by atoms with Crippen LogP contribution in [0.25, 0.3) is 5.69 Å². The Kier molecular flexibility index (Phi) is 2.37. The molecule has 0 unspecified atom stereocenters. The van der Waals surface area contributed by atoms with Gasteiger partial charge in [0.1, 0.15) is 5.82 Å². The molecule has 4 heteroatoms. The van der Waals surface area contributed by atoms with E-state index in [1.54, 1.807) is 0 Å². The highest BCUT2D eigenvalue weighted by atomic mass is 16.5. The predicted octanol–water partition coefficient (Wildman–Crippen LogP) is 2.25. The van der Waals surface area contributed by atoms with E-state index in [-0.39, 0.29) is 0 Å². The molecule has 1 N–H and O–H groups in total. The van der Waals surface area contributed by atoms with Crippen molar-refractivity contribution in [3.63, 3.8) is 0 Å². The van der Waals surface area contributed by atoms with Gasteiger partial charge in [-0.05, 0) is 19.1 Å². The Morgan fingerprint density at radius 1 is 1.24 bits per heavy atom. The van der Waals surface area contributed by atoms with Crippen molar-refractivity contribution in [2.75, 3.05) is 12.4 Å². The van der Waals surface area contributed by atoms with Crippen LogP contribution in [0, 0.1) is 6.92 Å². The van der Waals surface area contributed by atoms with Gasteiger partial charge < -0.3 is 10.1 Å². The van der Waals surface area contributed by atoms with Gasteiger partial charge in [0.05, 0.1) is 24.6 Å². The zero-order valence-electron chi connectivity index (χ0n) is 10.0. The number of benzene rings is 1. The predicted molar refractivity (Wildman–Crippen MR) is 66.3 cm³/mol. The lowest BCUT2D eigenvalue weighted by molar-refractivity contribution is 0.131. The number of anilines is 1. The first-order chi connectivity index (χ1) is 8.29. The standard InChI is InChI=1S/C13H15N3O/c1-9-3-5-10(6-4-9)16-13(14-2)11-7-17-8-12(11)15-16/h3-6,14H,7-8H2,1-2H3. The molecule has 0 saturated carbocycles. The summed E-state index contributed by atoms with van der Waals surface area (Å²) in [5, 5.41) is 7.80. The summed E-state index contributed by atoms with van der Waals surface area (Å²) in [7, 11) is 1.92. The normalized spacial score (nSPS) is 13.8. The molecule has 0 radical (unpaired) electrons. The van der Waals surface area contributed by atoms with Gasteiger partial charge in [0.25, 0.3) is 0 Å². The van der Waals surface area contributed by atoms with E-state index in [9.17, 15) is 0 Å². The van der Waals surface area contributed by atoms with Crippen molar-refractivity contribution in [2.24, 2.45) is 0 Å². The Labute approximate surface area is 100 Å². The van der Waals surface area contributed by atoms with Gasteiger partial charge in [-0.1, -0.05) is 17.7 Å². The highest BCUT2D eigenvalue weighted by Gasteiger charge is 2.22. The van der Waals surface area contributed by atoms with Crippen molar-refractivity contribution in [3.8, 4) is 5.69 Å². The van der Waals surface area contributed by atoms with Crippen molar-refractivity contribution >= 4 is 5.82 Å². The lowest BCUT2D eigenvalue weighted by atomic mass is 10.2. The first-order valence-corrected chi connectivity index (χ1v) is 5.73. The maximum absolute atomic E-state index is 5.39. The van der Waals surface area contributed by atoms with Crippen LogP contribution in [0.3, 0.4) is 0 Å². The van der Waals surface area contributed by atoms with E-state index in [4.69, 9.17) is 4.74 Å². The molecule has 2 aromatic rings. The van der Waals surface area contributed by atoms with Gasteiger partial charge in [0.2, 0.25) is 0 Å². The summed E-state index contributed by atoms with van der Waals surface area (Å²) in [4.78, 5) is 0. The Morgan fingerprint density at radius 3 is 2.71 bits per heavy atom. The van der Waals surface area contributed by atoms with E-state index in [1.807, 2.05) is 11.7 Å². The Bertz CT molecular complexity index is 543. The Morgan fingerprint density at radius 2 is 2.00 bits per heavy atom. The third-order valence-corrected chi connectivity index (χ3v) is 3.07. The highest BCUT2D eigenvalue weighted by molar-refractivity contribution is 5.53. The van der Waals surface area contributed by atoms with Crippen molar-refractivity contribution < 1.29 is 4.74 Å². The molecule has 0 bridgehead atoms. The van der Waals surface area contributed by atoms with Crippen molar-refractivity contribution in [3.05, 3.63) is 41.1 Å². The number of nitrogens with one attached hydrogen (secondary N) is 1. The quantitative estimate of drug-likeness (QED) is 0.858. The molecule has 0 aliphatic carbocycles. The number of rotatable bonds is 2. The van der Waals surface area contributed by atoms with Crippen LogP contribution in [0.2, 0.25) is 0 Å². The number of hydrogen-bond acceptors (Lipinski definition) is 3. The van der Waals surface area contributed by atoms with Crippen molar-refractivity contribution in [1.82, 2.24) is 9.78 Å². The molecule has 0 spiro atoms. The molecule has 0 saturated heterocycles. The summed E-state index contributed by atoms with van der Waals surface area (Å²) in [6, 6.07) is 8.36. The zero-order valence-corrected chi connectivity index (χ0v) is 10.0. The van der Waals surface area contributed by atoms with Crippen LogP contribution >= 0.6 is 0 Å². The number of aromatic nitrogens is 2. The van der Waals surface area contributed by atoms with Crippen LogP contribution < -0.4 is 5.32 Å². The second kappa shape index (κ2) is 3.89. The smallest absolute Gasteiger partial charge is 0.135 e. The fourth-order valence-electron chi connectivity index (χ4n) is 2.14. The summed E-state index contributed by atoms with van der Waals surface area (Å²) in [5.74, 6) is 1.03. The fourth-order valence-corrected chi connectivity index (χ4v) is 2.14. The minimum Gasteiger partial charge on any atom is -0.373 e. The average Bonchev–Trinajstić information content (AvgIpc) is 2.89. The van der Waals surface area contributed by atoms with Gasteiger partial charge in [-0.25, -0.2) is 4.68 Å². The number of nitrogens with zero attached hydrogens (tertiary/aromatic N) is 2. The summed E-state index contributed by atoms with van der Waals surface area (Å²) in [6.07, 6.45) is 0. The molecule has 3 rings (SSSR count). The topological polar surface area (TPSA) is 39.1 Å². The van der Waals surface area contributed by atoms with E-state index < -0.39 is 0 Å². The second-order valence-electron chi connectivity index (χ2n) is 4.26. The molecule has 0 fully saturated rings. The number of aryl methyl sites for hydroxylation is 1. The Hall–Kier alpha value is -1.81. The zero-order chi connectivity index (χ0) is 11.8. The molecule has 1 aliphatic heterocycles. The maximum atomic E-state index is 5.39. The average molecular weight is 229 g/mol. The van der Waals surface area contributed by atoms with Crippen LogP contribution in [-0.2, 0) is 18.0 Å². The van der Waals surface area contributed by atoms with E-state index in [0.29, 0.717) is 13.2 Å². The van der Waals surface area contributed by atoms with E-state index in [2.05, 4.69) is 41.6 Å². The van der Waals surface area contributed by atoms with E-state index >= 15 is 0 Å². The van der Waals surface area contributed by atoms with Crippen LogP contribution in [-0.4, -0.2) is 16.8 Å². The lowest BCUT2D eigenvalue weighted by Crippen LogP contribution is -2.04. The molecule has 17 heavy (non-hydrogen) atoms. The minimum absolute atomic E-state index is 0.614. The van der Waals surface area contributed by atoms with E-state index in [0.717, 1.165) is 17.2 Å². The van der Waals surface area contributed by atoms with Crippen LogP contribution in [0.15, 0.2) is 24.3 Å². The summed E-state index contributed by atoms with van der Waals surface area (Å²) in [6.45, 7) is 3.35. The fraction of sp³-hybridized carbons (Fsp3) is 0.308. The number of fused-ring (bicyclic) bond motifs is 1. The van der Waals surface area contributed by atoms with E-state index in [1.165, 1.54) is 11.1 Å². The molecule has 2 heterocycles. The molecule has 0 atom stereocenters. The van der Waals surface area contributed by atoms with Crippen LogP contribution in [0.1, 0.15) is 16.8 Å². The molecular weight excluding hydrogens is 214 g/mol. The third kappa shape index (κ3) is 1.61. The van der Waals surface area contributed by atoms with Crippen molar-refractivity contribution in [2.45, 2.75) is 20.1 Å². The van der Waals surface area contributed by atoms with Crippen LogP contribution in [0.5, 0.6) is 0 Å². The van der Waals surface area contributed by atoms with Gasteiger partial charge in [-0.3, -0.25) is 0 Å². The molecule has 0 amide bonds. The first kappa shape index (κ1) is 10.4. The molecule has 1 aromatic heterocycles. The van der Waals surface area contributed by atoms with Gasteiger partial charge in [0.15, 0.2) is 0 Å². The van der Waals surface area contributed by atoms with Gasteiger partial charge in [-0.2, -0.15) is 5.10 Å². The van der Waals surface area contributed by atoms with Crippen molar-refractivity contribution in [1.29, 1.82) is 0 Å². The van der Waals surface area contributed by atoms with Gasteiger partial charge in [0, 0.05) is 12.6 Å². The monoisotopic (exact) mass is 229 g/mol. The largest absolute Gasteiger partial charge is 0.373 e. The summed E-state index contributed by atoms with van der Waals surface area (Å²) in [5.41, 5.74) is 4.54. The molecule has 1 aromatic carbocycles. The summed E-state index contributed by atoms with van der Waals surface area (Å²) < 4.78 is 7.34. The SMILES string of the molecule is CNc1c2c(nn1-c1ccc(C)cc1)COC2. The first-order valence-electron chi connectivity index (χ1n) is 5.73. The molecule has 88 valence electrons. The number of ether oxygens (including phenoxy) is 1. The van der Waals surface area contributed by atoms with Gasteiger partial charge >= 0.3 is 0 Å². The summed E-state index contributed by atoms with van der Waals surface area (Å²) >= 11 is 0. The highest BCUT2D eigenvalue weighted by Crippen LogP contribution is 2.29. The second-order valence-corrected chi connectivity index (χ2v) is 4.26.